The van der Waals surface area contributed by atoms with E-state index in [-0.39, 0.29) is 7.34 Å². The number of aryl methyl sites for hydroxylation is 1. The monoisotopic (exact) mass is 448 g/mol. The van der Waals surface area contributed by atoms with Gasteiger partial charge < -0.3 is 9.47 Å². The lowest BCUT2D eigenvalue weighted by atomic mass is 9.70. The van der Waals surface area contributed by atoms with Crippen molar-refractivity contribution in [2.45, 2.75) is 82.1 Å². The van der Waals surface area contributed by atoms with Gasteiger partial charge in [-0.1, -0.05) is 30.7 Å². The third kappa shape index (κ3) is 3.65. The molecule has 176 valence electrons. The summed E-state index contributed by atoms with van der Waals surface area (Å²) in [4.78, 5) is 15.9. The highest BCUT2D eigenvalue weighted by atomic mass is 16.2. The molecule has 3 fully saturated rings. The van der Waals surface area contributed by atoms with Crippen LogP contribution in [-0.4, -0.2) is 48.6 Å². The Balaban J connectivity index is 0.00000241. The van der Waals surface area contributed by atoms with Crippen LogP contribution in [0.5, 0.6) is 0 Å². The van der Waals surface area contributed by atoms with E-state index in [0.29, 0.717) is 36.1 Å². The summed E-state index contributed by atoms with van der Waals surface area (Å²) in [5.74, 6) is 2.81. The minimum Gasteiger partial charge on any atom is -0.350 e. The lowest BCUT2D eigenvalue weighted by Gasteiger charge is -2.47. The summed E-state index contributed by atoms with van der Waals surface area (Å²) >= 11 is 0. The van der Waals surface area contributed by atoms with Crippen molar-refractivity contribution in [2.75, 3.05) is 6.54 Å². The maximum atomic E-state index is 13.7. The van der Waals surface area contributed by atoms with Crippen LogP contribution in [0.4, 0.5) is 0 Å². The molecular formula is C26H36N6O. The number of H-pyrrole nitrogens is 1. The fourth-order valence-corrected chi connectivity index (χ4v) is 6.75. The first kappa shape index (κ1) is 20.9. The van der Waals surface area contributed by atoms with Crippen molar-refractivity contribution in [3.05, 3.63) is 41.3 Å². The fourth-order valence-electron chi connectivity index (χ4n) is 6.75. The van der Waals surface area contributed by atoms with Crippen LogP contribution < -0.4 is 0 Å². The number of fused-ring (bicyclic) bond motifs is 2. The van der Waals surface area contributed by atoms with Crippen LogP contribution in [0, 0.1) is 5.92 Å². The van der Waals surface area contributed by atoms with Crippen molar-refractivity contribution in [3.8, 4) is 0 Å². The molecule has 1 amide bonds. The largest absolute Gasteiger partial charge is 0.350 e. The molecule has 0 spiro atoms. The van der Waals surface area contributed by atoms with E-state index in [1.165, 1.54) is 34.9 Å². The molecule has 3 aliphatic rings. The Kier molecular flexibility index (Phi) is 5.23. The molecule has 3 aromatic rings. The van der Waals surface area contributed by atoms with Crippen LogP contribution in [0.2, 0.25) is 0 Å². The first-order valence-electron chi connectivity index (χ1n) is 12.7. The number of nitrogens with zero attached hydrogens (tertiary/aromatic N) is 5. The van der Waals surface area contributed by atoms with E-state index < -0.39 is 0 Å². The number of benzene rings is 1. The van der Waals surface area contributed by atoms with Gasteiger partial charge in [0.2, 0.25) is 5.91 Å². The molecule has 2 saturated carbocycles. The number of hydrogen-bond donors (Lipinski definition) is 1. The van der Waals surface area contributed by atoms with Gasteiger partial charge in [-0.2, -0.15) is 5.21 Å². The van der Waals surface area contributed by atoms with Crippen LogP contribution in [-0.2, 0) is 11.8 Å². The van der Waals surface area contributed by atoms with Gasteiger partial charge in [-0.25, -0.2) is 0 Å². The lowest BCUT2D eigenvalue weighted by Crippen LogP contribution is -2.51. The number of hydrogen-bond acceptors (Lipinski definition) is 4. The van der Waals surface area contributed by atoms with Crippen LogP contribution >= 0.6 is 0 Å². The molecule has 3 heterocycles. The van der Waals surface area contributed by atoms with Gasteiger partial charge in [0, 0.05) is 50.5 Å². The molecule has 1 aromatic carbocycles. The van der Waals surface area contributed by atoms with E-state index in [1.807, 2.05) is 0 Å². The average molecular weight is 449 g/mol. The molecule has 4 atom stereocenters. The van der Waals surface area contributed by atoms with Crippen molar-refractivity contribution in [1.29, 1.82) is 0 Å². The number of tetrazole rings is 1. The molecule has 1 saturated heterocycles. The molecule has 4 unspecified atom stereocenters. The van der Waals surface area contributed by atoms with Gasteiger partial charge >= 0.3 is 0 Å². The van der Waals surface area contributed by atoms with Gasteiger partial charge in [0.1, 0.15) is 0 Å². The summed E-state index contributed by atoms with van der Waals surface area (Å²) in [7, 11) is 2.13. The van der Waals surface area contributed by atoms with Crippen LogP contribution in [0.1, 0.15) is 94.4 Å². The number of carbonyl (C=O) groups is 1. The van der Waals surface area contributed by atoms with E-state index in [2.05, 4.69) is 68.5 Å². The minimum absolute atomic E-state index is 0. The third-order valence-electron chi connectivity index (χ3n) is 8.48. The quantitative estimate of drug-likeness (QED) is 0.603. The molecular weight excluding hydrogens is 412 g/mol. The molecule has 33 heavy (non-hydrogen) atoms. The third-order valence-corrected chi connectivity index (χ3v) is 8.48. The van der Waals surface area contributed by atoms with E-state index in [4.69, 9.17) is 0 Å². The predicted molar refractivity (Wildman–Crippen MR) is 129 cm³/mol. The highest BCUT2D eigenvalue weighted by Gasteiger charge is 2.43. The maximum Gasteiger partial charge on any atom is 0.223 e. The number of carbonyl (C=O) groups excluding carboxylic acids is 1. The lowest BCUT2D eigenvalue weighted by molar-refractivity contribution is -0.138. The second-order valence-electron chi connectivity index (χ2n) is 10.6. The highest BCUT2D eigenvalue weighted by molar-refractivity contribution is 5.89. The van der Waals surface area contributed by atoms with Crippen molar-refractivity contribution >= 4 is 16.8 Å². The van der Waals surface area contributed by atoms with E-state index in [0.717, 1.165) is 44.5 Å². The van der Waals surface area contributed by atoms with E-state index in [1.54, 1.807) is 0 Å². The van der Waals surface area contributed by atoms with E-state index >= 15 is 0 Å². The van der Waals surface area contributed by atoms with Crippen LogP contribution in [0.15, 0.2) is 24.4 Å². The molecule has 2 aliphatic carbocycles. The molecule has 6 rings (SSSR count). The number of piperidine rings is 1. The van der Waals surface area contributed by atoms with Gasteiger partial charge in [-0.05, 0) is 73.5 Å². The molecule has 1 aliphatic heterocycles. The summed E-state index contributed by atoms with van der Waals surface area (Å²) < 4.78 is 2.24. The Morgan fingerprint density at radius 3 is 2.88 bits per heavy atom. The number of amides is 1. The number of aromatic amines is 1. The maximum absolute atomic E-state index is 13.7. The predicted octanol–water partition coefficient (Wildman–Crippen LogP) is 4.88. The second kappa shape index (κ2) is 8.26. The second-order valence-corrected chi connectivity index (χ2v) is 10.6. The van der Waals surface area contributed by atoms with Crippen LogP contribution in [0.3, 0.4) is 0 Å². The zero-order valence-electron chi connectivity index (χ0n) is 19.7. The van der Waals surface area contributed by atoms with Crippen LogP contribution in [0.25, 0.3) is 10.9 Å². The molecule has 2 aromatic heterocycles. The summed E-state index contributed by atoms with van der Waals surface area (Å²) in [6, 6.07) is 7.01. The van der Waals surface area contributed by atoms with Gasteiger partial charge in [-0.15, -0.1) is 10.2 Å². The number of aromatic nitrogens is 5. The molecule has 7 nitrogen and oxygen atoms in total. The standard InChI is InChI=1S/C26H34N6O.H2/c1-16(21-15-31(2)23-10-3-6-18(25(21)23)17-11-12-17)14-24(33)32-13-5-8-19-20(7-4-9-22(19)32)26-27-29-30-28-26;/h3,6,10,15-17,19-20,22H,4-5,7-9,11-14H2,1-2H3,(H,27,28,29,30);1H. The zero-order valence-corrected chi connectivity index (χ0v) is 19.7. The number of nitrogens with one attached hydrogen (secondary N) is 1. The fraction of sp³-hybridized carbons (Fsp3) is 0.615. The van der Waals surface area contributed by atoms with Gasteiger partial charge in [0.05, 0.1) is 0 Å². The number of rotatable bonds is 5. The Hall–Kier alpha value is -2.70. The van der Waals surface area contributed by atoms with Crippen molar-refractivity contribution in [1.82, 2.24) is 30.1 Å². The molecule has 1 N–H and O–H groups in total. The summed E-state index contributed by atoms with van der Waals surface area (Å²) in [5.41, 5.74) is 4.11. The highest BCUT2D eigenvalue weighted by Crippen LogP contribution is 2.46. The molecule has 0 bridgehead atoms. The van der Waals surface area contributed by atoms with Crippen molar-refractivity contribution in [2.24, 2.45) is 13.0 Å². The Bertz CT molecular complexity index is 1150. The average Bonchev–Trinajstić information content (AvgIpc) is 3.42. The Morgan fingerprint density at radius 1 is 1.21 bits per heavy atom. The van der Waals surface area contributed by atoms with Crippen molar-refractivity contribution in [3.63, 3.8) is 0 Å². The topological polar surface area (TPSA) is 79.7 Å². The first-order chi connectivity index (χ1) is 16.1. The molecule has 7 heteroatoms. The normalized spacial score (nSPS) is 26.4. The Labute approximate surface area is 196 Å². The van der Waals surface area contributed by atoms with Gasteiger partial charge in [-0.3, -0.25) is 4.79 Å². The summed E-state index contributed by atoms with van der Waals surface area (Å²) in [6.45, 7) is 3.12. The SMILES string of the molecule is CC(CC(=O)N1CCCC2C(c3nn[nH]n3)CCCC21)c1cn(C)c2cccc(C3CC3)c12.[HH]. The van der Waals surface area contributed by atoms with Crippen molar-refractivity contribution < 1.29 is 6.22 Å². The van der Waals surface area contributed by atoms with Gasteiger partial charge in [0.25, 0.3) is 0 Å². The summed E-state index contributed by atoms with van der Waals surface area (Å²) in [6.07, 6.45) is 11.0. The minimum atomic E-state index is 0. The molecule has 0 radical (unpaired) electrons. The summed E-state index contributed by atoms with van der Waals surface area (Å²) in [5, 5.41) is 16.4. The Morgan fingerprint density at radius 2 is 2.09 bits per heavy atom. The number of likely N-dealkylation sites (tertiary alicyclic amines) is 1. The van der Waals surface area contributed by atoms with Gasteiger partial charge in [0.15, 0.2) is 5.82 Å². The smallest absolute Gasteiger partial charge is 0.223 e. The first-order valence-corrected chi connectivity index (χ1v) is 12.7. The van der Waals surface area contributed by atoms with E-state index in [9.17, 15) is 4.79 Å². The zero-order chi connectivity index (χ0) is 22.5.